The SMILES string of the molecule is CCN(CCC(=O)O)C(=O)c1csc(Br)c1. The lowest BCUT2D eigenvalue weighted by Crippen LogP contribution is -2.32. The molecule has 0 saturated heterocycles. The van der Waals surface area contributed by atoms with Gasteiger partial charge >= 0.3 is 5.97 Å². The Kier molecular flexibility index (Phi) is 4.95. The van der Waals surface area contributed by atoms with E-state index in [9.17, 15) is 9.59 Å². The van der Waals surface area contributed by atoms with Crippen molar-refractivity contribution in [3.8, 4) is 0 Å². The number of carboxylic acids is 1. The van der Waals surface area contributed by atoms with E-state index in [0.717, 1.165) is 3.79 Å². The van der Waals surface area contributed by atoms with E-state index in [0.29, 0.717) is 12.1 Å². The Morgan fingerprint density at radius 2 is 2.25 bits per heavy atom. The Hall–Kier alpha value is -0.880. The third kappa shape index (κ3) is 3.61. The number of nitrogens with zero attached hydrogens (tertiary/aromatic N) is 1. The minimum atomic E-state index is -0.891. The highest BCUT2D eigenvalue weighted by Crippen LogP contribution is 2.21. The van der Waals surface area contributed by atoms with Gasteiger partial charge in [0.15, 0.2) is 0 Å². The summed E-state index contributed by atoms with van der Waals surface area (Å²) in [7, 11) is 0. The number of carbonyl (C=O) groups is 2. The van der Waals surface area contributed by atoms with E-state index in [2.05, 4.69) is 15.9 Å². The van der Waals surface area contributed by atoms with Crippen LogP contribution in [0.3, 0.4) is 0 Å². The molecule has 1 N–H and O–H groups in total. The van der Waals surface area contributed by atoms with Gasteiger partial charge in [0.25, 0.3) is 5.91 Å². The molecule has 0 radical (unpaired) electrons. The van der Waals surface area contributed by atoms with Gasteiger partial charge in [0.1, 0.15) is 0 Å². The van der Waals surface area contributed by atoms with Crippen molar-refractivity contribution in [2.45, 2.75) is 13.3 Å². The Labute approximate surface area is 106 Å². The van der Waals surface area contributed by atoms with Crippen molar-refractivity contribution >= 4 is 39.1 Å². The maximum Gasteiger partial charge on any atom is 0.305 e. The van der Waals surface area contributed by atoms with E-state index in [1.54, 1.807) is 11.4 Å². The van der Waals surface area contributed by atoms with Gasteiger partial charge in [-0.05, 0) is 28.9 Å². The fraction of sp³-hybridized carbons (Fsp3) is 0.400. The van der Waals surface area contributed by atoms with Crippen molar-refractivity contribution in [2.24, 2.45) is 0 Å². The number of aliphatic carboxylic acids is 1. The van der Waals surface area contributed by atoms with Crippen LogP contribution in [0.15, 0.2) is 15.2 Å². The highest BCUT2D eigenvalue weighted by molar-refractivity contribution is 9.11. The van der Waals surface area contributed by atoms with E-state index >= 15 is 0 Å². The summed E-state index contributed by atoms with van der Waals surface area (Å²) >= 11 is 4.73. The summed E-state index contributed by atoms with van der Waals surface area (Å²) in [6.07, 6.45) is -0.0229. The van der Waals surface area contributed by atoms with E-state index in [1.165, 1.54) is 16.2 Å². The molecule has 1 aromatic rings. The maximum absolute atomic E-state index is 11.9. The molecule has 1 aromatic heterocycles. The van der Waals surface area contributed by atoms with Crippen LogP contribution in [-0.4, -0.2) is 35.0 Å². The molecule has 0 aliphatic carbocycles. The zero-order valence-corrected chi connectivity index (χ0v) is 11.2. The number of hydrogen-bond acceptors (Lipinski definition) is 3. The molecule has 88 valence electrons. The van der Waals surface area contributed by atoms with Crippen LogP contribution >= 0.6 is 27.3 Å². The monoisotopic (exact) mass is 305 g/mol. The van der Waals surface area contributed by atoms with Crippen molar-refractivity contribution < 1.29 is 14.7 Å². The molecule has 0 fully saturated rings. The predicted octanol–water partition coefficient (Wildman–Crippen LogP) is 2.45. The van der Waals surface area contributed by atoms with Crippen molar-refractivity contribution in [3.05, 3.63) is 20.8 Å². The Balaban J connectivity index is 2.66. The van der Waals surface area contributed by atoms with Crippen molar-refractivity contribution in [3.63, 3.8) is 0 Å². The number of carboxylic acid groups (broad SMARTS) is 1. The summed E-state index contributed by atoms with van der Waals surface area (Å²) in [6, 6.07) is 1.75. The van der Waals surface area contributed by atoms with E-state index in [4.69, 9.17) is 5.11 Å². The smallest absolute Gasteiger partial charge is 0.305 e. The molecule has 0 unspecified atom stereocenters. The van der Waals surface area contributed by atoms with Crippen molar-refractivity contribution in [1.82, 2.24) is 4.90 Å². The summed E-state index contributed by atoms with van der Waals surface area (Å²) < 4.78 is 0.894. The highest BCUT2D eigenvalue weighted by Gasteiger charge is 2.16. The number of carbonyl (C=O) groups excluding carboxylic acids is 1. The largest absolute Gasteiger partial charge is 0.481 e. The van der Waals surface area contributed by atoms with Crippen LogP contribution in [0.1, 0.15) is 23.7 Å². The summed E-state index contributed by atoms with van der Waals surface area (Å²) in [5, 5.41) is 10.3. The van der Waals surface area contributed by atoms with Gasteiger partial charge in [-0.25, -0.2) is 0 Å². The minimum Gasteiger partial charge on any atom is -0.481 e. The molecular formula is C10H12BrNO3S. The van der Waals surface area contributed by atoms with E-state index in [1.807, 2.05) is 6.92 Å². The third-order valence-electron chi connectivity index (χ3n) is 2.08. The Bertz CT molecular complexity index is 391. The summed E-state index contributed by atoms with van der Waals surface area (Å²) in [5.41, 5.74) is 0.601. The van der Waals surface area contributed by atoms with Crippen LogP contribution < -0.4 is 0 Å². The Morgan fingerprint density at radius 1 is 1.56 bits per heavy atom. The second kappa shape index (κ2) is 6.00. The zero-order valence-electron chi connectivity index (χ0n) is 8.77. The van der Waals surface area contributed by atoms with Crippen LogP contribution in [-0.2, 0) is 4.79 Å². The number of hydrogen-bond donors (Lipinski definition) is 1. The first-order valence-corrected chi connectivity index (χ1v) is 6.47. The first-order chi connectivity index (χ1) is 7.54. The normalized spacial score (nSPS) is 10.1. The number of rotatable bonds is 5. The van der Waals surface area contributed by atoms with Gasteiger partial charge in [-0.15, -0.1) is 11.3 Å². The molecule has 0 saturated carbocycles. The standard InChI is InChI=1S/C10H12BrNO3S/c1-2-12(4-3-9(13)14)10(15)7-5-8(11)16-6-7/h5-6H,2-4H2,1H3,(H,13,14). The van der Waals surface area contributed by atoms with Crippen LogP contribution in [0, 0.1) is 0 Å². The molecule has 0 atom stereocenters. The molecule has 0 spiro atoms. The summed E-state index contributed by atoms with van der Waals surface area (Å²) in [6.45, 7) is 2.60. The zero-order chi connectivity index (χ0) is 12.1. The average Bonchev–Trinajstić information content (AvgIpc) is 2.65. The molecule has 0 aliphatic rings. The van der Waals surface area contributed by atoms with Gasteiger partial charge in [0, 0.05) is 18.5 Å². The molecule has 0 aliphatic heterocycles. The summed E-state index contributed by atoms with van der Waals surface area (Å²) in [4.78, 5) is 23.9. The quantitative estimate of drug-likeness (QED) is 0.909. The van der Waals surface area contributed by atoms with Crippen LogP contribution in [0.25, 0.3) is 0 Å². The lowest BCUT2D eigenvalue weighted by atomic mass is 10.2. The lowest BCUT2D eigenvalue weighted by Gasteiger charge is -2.19. The van der Waals surface area contributed by atoms with Crippen molar-refractivity contribution in [2.75, 3.05) is 13.1 Å². The van der Waals surface area contributed by atoms with Crippen molar-refractivity contribution in [1.29, 1.82) is 0 Å². The molecule has 1 heterocycles. The van der Waals surface area contributed by atoms with E-state index < -0.39 is 5.97 Å². The van der Waals surface area contributed by atoms with Crippen LogP contribution in [0.2, 0.25) is 0 Å². The average molecular weight is 306 g/mol. The maximum atomic E-state index is 11.9. The topological polar surface area (TPSA) is 57.6 Å². The second-order valence-electron chi connectivity index (χ2n) is 3.17. The van der Waals surface area contributed by atoms with Gasteiger partial charge in [0.05, 0.1) is 15.8 Å². The number of amides is 1. The lowest BCUT2D eigenvalue weighted by molar-refractivity contribution is -0.137. The molecule has 1 rings (SSSR count). The molecule has 0 bridgehead atoms. The molecular weight excluding hydrogens is 294 g/mol. The highest BCUT2D eigenvalue weighted by atomic mass is 79.9. The number of thiophene rings is 1. The molecule has 16 heavy (non-hydrogen) atoms. The van der Waals surface area contributed by atoms with E-state index in [-0.39, 0.29) is 18.9 Å². The third-order valence-corrected chi connectivity index (χ3v) is 3.58. The minimum absolute atomic E-state index is 0.0229. The first kappa shape index (κ1) is 13.2. The number of halogens is 1. The van der Waals surface area contributed by atoms with Gasteiger partial charge in [-0.3, -0.25) is 9.59 Å². The van der Waals surface area contributed by atoms with Gasteiger partial charge in [-0.1, -0.05) is 0 Å². The Morgan fingerprint density at radius 3 is 2.69 bits per heavy atom. The molecule has 4 nitrogen and oxygen atoms in total. The van der Waals surface area contributed by atoms with Gasteiger partial charge in [0.2, 0.25) is 0 Å². The fourth-order valence-corrected chi connectivity index (χ4v) is 2.37. The fourth-order valence-electron chi connectivity index (χ4n) is 1.24. The molecule has 1 amide bonds. The van der Waals surface area contributed by atoms with Crippen LogP contribution in [0.4, 0.5) is 0 Å². The first-order valence-electron chi connectivity index (χ1n) is 4.79. The predicted molar refractivity (Wildman–Crippen MR) is 65.8 cm³/mol. The van der Waals surface area contributed by atoms with Gasteiger partial charge < -0.3 is 10.0 Å². The molecule has 6 heteroatoms. The van der Waals surface area contributed by atoms with Crippen LogP contribution in [0.5, 0.6) is 0 Å². The summed E-state index contributed by atoms with van der Waals surface area (Å²) in [5.74, 6) is -1.01. The molecule has 0 aromatic carbocycles. The second-order valence-corrected chi connectivity index (χ2v) is 5.46. The van der Waals surface area contributed by atoms with Gasteiger partial charge in [-0.2, -0.15) is 0 Å².